The van der Waals surface area contributed by atoms with Gasteiger partial charge in [0.05, 0.1) is 4.92 Å². The summed E-state index contributed by atoms with van der Waals surface area (Å²) in [6, 6.07) is 4.42. The van der Waals surface area contributed by atoms with E-state index in [1.54, 1.807) is 6.07 Å². The number of nitrogens with zero attached hydrogens (tertiary/aromatic N) is 2. The van der Waals surface area contributed by atoms with Gasteiger partial charge in [-0.3, -0.25) is 14.9 Å². The molecule has 1 aromatic carbocycles. The predicted molar refractivity (Wildman–Crippen MR) is 80.2 cm³/mol. The van der Waals surface area contributed by atoms with Gasteiger partial charge in [0.2, 0.25) is 5.91 Å². The number of nitrogens with two attached hydrogens (primary N) is 2. The number of nitro groups is 1. The number of primary amides is 1. The molecule has 4 N–H and O–H groups in total. The smallest absolute Gasteiger partial charge is 0.293 e. The van der Waals surface area contributed by atoms with Crippen LogP contribution < -0.4 is 16.4 Å². The maximum atomic E-state index is 11.3. The van der Waals surface area contributed by atoms with Gasteiger partial charge in [0.1, 0.15) is 5.69 Å². The molecule has 7 heteroatoms. The summed E-state index contributed by atoms with van der Waals surface area (Å²) < 4.78 is 0. The molecule has 1 aromatic rings. The van der Waals surface area contributed by atoms with Crippen LogP contribution in [-0.4, -0.2) is 30.0 Å². The van der Waals surface area contributed by atoms with Crippen LogP contribution in [0, 0.1) is 16.0 Å². The molecular formula is C14H20N4O3. The molecule has 114 valence electrons. The Morgan fingerprint density at radius 3 is 2.81 bits per heavy atom. The van der Waals surface area contributed by atoms with E-state index in [-0.39, 0.29) is 17.3 Å². The molecule has 0 aromatic heterocycles. The third-order valence-electron chi connectivity index (χ3n) is 4.00. The van der Waals surface area contributed by atoms with Crippen molar-refractivity contribution in [3.05, 3.63) is 33.9 Å². The number of anilines is 1. The highest BCUT2D eigenvalue weighted by Crippen LogP contribution is 2.32. The van der Waals surface area contributed by atoms with E-state index in [2.05, 4.69) is 0 Å². The van der Waals surface area contributed by atoms with Gasteiger partial charge >= 0.3 is 0 Å². The van der Waals surface area contributed by atoms with Crippen LogP contribution in [0.1, 0.15) is 30.1 Å². The van der Waals surface area contributed by atoms with Gasteiger partial charge in [0.25, 0.3) is 5.69 Å². The van der Waals surface area contributed by atoms with Crippen LogP contribution in [-0.2, 0) is 0 Å². The Morgan fingerprint density at radius 1 is 1.52 bits per heavy atom. The molecule has 0 aliphatic carbocycles. The second-order valence-electron chi connectivity index (χ2n) is 5.53. The molecule has 1 saturated heterocycles. The average molecular weight is 292 g/mol. The van der Waals surface area contributed by atoms with E-state index in [1.807, 2.05) is 11.8 Å². The Morgan fingerprint density at radius 2 is 2.24 bits per heavy atom. The lowest BCUT2D eigenvalue weighted by atomic mass is 9.91. The number of nitro benzene ring substituents is 1. The van der Waals surface area contributed by atoms with Crippen molar-refractivity contribution < 1.29 is 9.72 Å². The lowest BCUT2D eigenvalue weighted by Crippen LogP contribution is -2.42. The molecule has 1 amide bonds. The number of benzene rings is 1. The average Bonchev–Trinajstić information content (AvgIpc) is 2.46. The summed E-state index contributed by atoms with van der Waals surface area (Å²) in [5.74, 6) is -0.356. The van der Waals surface area contributed by atoms with Crippen molar-refractivity contribution in [3.63, 3.8) is 0 Å². The van der Waals surface area contributed by atoms with Crippen molar-refractivity contribution in [1.82, 2.24) is 0 Å². The fourth-order valence-corrected chi connectivity index (χ4v) is 2.75. The number of hydrogen-bond donors (Lipinski definition) is 2. The van der Waals surface area contributed by atoms with Crippen molar-refractivity contribution in [2.45, 2.75) is 25.8 Å². The molecule has 1 heterocycles. The van der Waals surface area contributed by atoms with Gasteiger partial charge in [-0.05, 0) is 37.8 Å². The van der Waals surface area contributed by atoms with Crippen molar-refractivity contribution in [2.75, 3.05) is 18.0 Å². The Hall–Kier alpha value is -2.15. The number of piperidine rings is 1. The summed E-state index contributed by atoms with van der Waals surface area (Å²) in [4.78, 5) is 23.9. The van der Waals surface area contributed by atoms with Crippen molar-refractivity contribution in [2.24, 2.45) is 17.4 Å². The first-order valence-electron chi connectivity index (χ1n) is 6.99. The molecule has 2 unspecified atom stereocenters. The molecule has 1 aliphatic heterocycles. The largest absolute Gasteiger partial charge is 0.366 e. The lowest BCUT2D eigenvalue weighted by Gasteiger charge is -2.35. The highest BCUT2D eigenvalue weighted by molar-refractivity contribution is 5.94. The zero-order chi connectivity index (χ0) is 15.6. The predicted octanol–water partition coefficient (Wildman–Crippen LogP) is 1.26. The number of hydrogen-bond acceptors (Lipinski definition) is 5. The molecule has 2 rings (SSSR count). The molecule has 0 spiro atoms. The number of rotatable bonds is 4. The van der Waals surface area contributed by atoms with Crippen molar-refractivity contribution >= 4 is 17.3 Å². The van der Waals surface area contributed by atoms with Gasteiger partial charge in [-0.25, -0.2) is 0 Å². The van der Waals surface area contributed by atoms with Crippen LogP contribution in [0.3, 0.4) is 0 Å². The van der Waals surface area contributed by atoms with Gasteiger partial charge in [-0.1, -0.05) is 0 Å². The molecule has 7 nitrogen and oxygen atoms in total. The minimum absolute atomic E-state index is 0.0525. The standard InChI is InChI=1S/C14H20N4O3/c1-9(15)11-3-2-6-17(8-11)12-5-4-10(14(16)19)7-13(12)18(20)21/h4-5,7,9,11H,2-3,6,8,15H2,1H3,(H2,16,19). The molecule has 2 atom stereocenters. The van der Waals surface area contributed by atoms with E-state index in [9.17, 15) is 14.9 Å². The van der Waals surface area contributed by atoms with Crippen LogP contribution in [0.25, 0.3) is 0 Å². The third-order valence-corrected chi connectivity index (χ3v) is 4.00. The van der Waals surface area contributed by atoms with Gasteiger partial charge in [-0.2, -0.15) is 0 Å². The van der Waals surface area contributed by atoms with E-state index in [0.29, 0.717) is 18.2 Å². The maximum absolute atomic E-state index is 11.3. The van der Waals surface area contributed by atoms with E-state index in [0.717, 1.165) is 19.4 Å². The Bertz CT molecular complexity index is 559. The van der Waals surface area contributed by atoms with E-state index < -0.39 is 10.8 Å². The normalized spacial score (nSPS) is 20.1. The first-order chi connectivity index (χ1) is 9.90. The first kappa shape index (κ1) is 15.2. The molecule has 1 aliphatic rings. The molecular weight excluding hydrogens is 272 g/mol. The van der Waals surface area contributed by atoms with E-state index in [4.69, 9.17) is 11.5 Å². The second-order valence-corrected chi connectivity index (χ2v) is 5.53. The van der Waals surface area contributed by atoms with Crippen LogP contribution in [0.4, 0.5) is 11.4 Å². The Balaban J connectivity index is 2.34. The summed E-state index contributed by atoms with van der Waals surface area (Å²) in [6.45, 7) is 3.40. The SMILES string of the molecule is CC(N)C1CCCN(c2ccc(C(N)=O)cc2[N+](=O)[O-])C1. The van der Waals surface area contributed by atoms with E-state index >= 15 is 0 Å². The second kappa shape index (κ2) is 6.09. The summed E-state index contributed by atoms with van der Waals surface area (Å²) >= 11 is 0. The maximum Gasteiger partial charge on any atom is 0.293 e. The lowest BCUT2D eigenvalue weighted by molar-refractivity contribution is -0.384. The van der Waals surface area contributed by atoms with Gasteiger partial charge in [0.15, 0.2) is 0 Å². The molecule has 0 radical (unpaired) electrons. The van der Waals surface area contributed by atoms with Gasteiger partial charge in [-0.15, -0.1) is 0 Å². The summed E-state index contributed by atoms with van der Waals surface area (Å²) in [7, 11) is 0. The van der Waals surface area contributed by atoms with Gasteiger partial charge in [0, 0.05) is 30.8 Å². The number of carbonyl (C=O) groups excluding carboxylic acids is 1. The minimum atomic E-state index is -0.670. The summed E-state index contributed by atoms with van der Waals surface area (Å²) in [6.07, 6.45) is 1.97. The Labute approximate surface area is 123 Å². The molecule has 1 fully saturated rings. The highest BCUT2D eigenvalue weighted by Gasteiger charge is 2.27. The molecule has 0 bridgehead atoms. The number of carbonyl (C=O) groups is 1. The third kappa shape index (κ3) is 3.30. The molecule has 21 heavy (non-hydrogen) atoms. The van der Waals surface area contributed by atoms with Crippen LogP contribution in [0.5, 0.6) is 0 Å². The zero-order valence-electron chi connectivity index (χ0n) is 12.0. The first-order valence-corrected chi connectivity index (χ1v) is 6.99. The zero-order valence-corrected chi connectivity index (χ0v) is 12.0. The highest BCUT2D eigenvalue weighted by atomic mass is 16.6. The van der Waals surface area contributed by atoms with E-state index in [1.165, 1.54) is 12.1 Å². The monoisotopic (exact) mass is 292 g/mol. The van der Waals surface area contributed by atoms with Crippen molar-refractivity contribution in [1.29, 1.82) is 0 Å². The van der Waals surface area contributed by atoms with Crippen LogP contribution in [0.2, 0.25) is 0 Å². The number of amides is 1. The molecule has 0 saturated carbocycles. The van der Waals surface area contributed by atoms with Gasteiger partial charge < -0.3 is 16.4 Å². The Kier molecular flexibility index (Phi) is 4.42. The minimum Gasteiger partial charge on any atom is -0.366 e. The topological polar surface area (TPSA) is 115 Å². The summed E-state index contributed by atoms with van der Waals surface area (Å²) in [5, 5.41) is 11.3. The van der Waals surface area contributed by atoms with Crippen LogP contribution in [0.15, 0.2) is 18.2 Å². The fourth-order valence-electron chi connectivity index (χ4n) is 2.75. The fraction of sp³-hybridized carbons (Fsp3) is 0.500. The summed E-state index contributed by atoms with van der Waals surface area (Å²) in [5.41, 5.74) is 11.7. The quantitative estimate of drug-likeness (QED) is 0.640. The van der Waals surface area contributed by atoms with Crippen LogP contribution >= 0.6 is 0 Å². The van der Waals surface area contributed by atoms with Crippen molar-refractivity contribution in [3.8, 4) is 0 Å².